The third kappa shape index (κ3) is 3.04. The normalized spacial score (nSPS) is 15.9. The minimum atomic E-state index is 0.0371. The number of aromatic nitrogens is 4. The minimum Gasteiger partial charge on any atom is -0.493 e. The van der Waals surface area contributed by atoms with Gasteiger partial charge in [0.15, 0.2) is 5.65 Å². The summed E-state index contributed by atoms with van der Waals surface area (Å²) in [6.45, 7) is 0.627. The maximum atomic E-state index is 6.19. The lowest BCUT2D eigenvalue weighted by Gasteiger charge is -2.27. The van der Waals surface area contributed by atoms with Crippen molar-refractivity contribution in [2.75, 3.05) is 11.9 Å². The molecule has 0 fully saturated rings. The van der Waals surface area contributed by atoms with Gasteiger partial charge in [0.1, 0.15) is 17.9 Å². The molecule has 5 rings (SSSR count). The first-order chi connectivity index (χ1) is 13.7. The van der Waals surface area contributed by atoms with Gasteiger partial charge in [-0.15, -0.1) is 0 Å². The summed E-state index contributed by atoms with van der Waals surface area (Å²) in [5.74, 6) is 1.56. The van der Waals surface area contributed by atoms with Gasteiger partial charge in [-0.3, -0.25) is 0 Å². The van der Waals surface area contributed by atoms with Crippen molar-refractivity contribution in [2.45, 2.75) is 12.5 Å². The first-order valence-corrected chi connectivity index (χ1v) is 9.58. The van der Waals surface area contributed by atoms with Gasteiger partial charge in [-0.2, -0.15) is 5.10 Å². The van der Waals surface area contributed by atoms with E-state index in [-0.39, 0.29) is 6.04 Å². The number of halogens is 2. The first kappa shape index (κ1) is 17.3. The van der Waals surface area contributed by atoms with Crippen molar-refractivity contribution in [3.63, 3.8) is 0 Å². The van der Waals surface area contributed by atoms with Crippen LogP contribution in [0.4, 0.5) is 5.82 Å². The molecule has 28 heavy (non-hydrogen) atoms. The predicted molar refractivity (Wildman–Crippen MR) is 110 cm³/mol. The van der Waals surface area contributed by atoms with E-state index in [0.29, 0.717) is 22.3 Å². The number of ether oxygens (including phenoxy) is 1. The molecule has 0 radical (unpaired) electrons. The van der Waals surface area contributed by atoms with Crippen molar-refractivity contribution in [1.82, 2.24) is 19.7 Å². The molecule has 4 aromatic rings. The standard InChI is InChI=1S/C20H15Cl2N5O/c21-12-2-1-3-14(8-12)27-20-16(10-25-27)19(23-11-24-20)26-17-6-7-28-18-5-4-13(22)9-15(17)18/h1-5,8-11,17H,6-7H2,(H,23,24,26). The van der Waals surface area contributed by atoms with Crippen LogP contribution in [0.5, 0.6) is 5.75 Å². The molecule has 140 valence electrons. The first-order valence-electron chi connectivity index (χ1n) is 8.82. The van der Waals surface area contributed by atoms with Gasteiger partial charge >= 0.3 is 0 Å². The third-order valence-corrected chi connectivity index (χ3v) is 5.21. The van der Waals surface area contributed by atoms with Crippen LogP contribution in [0.2, 0.25) is 10.0 Å². The third-order valence-electron chi connectivity index (χ3n) is 4.74. The van der Waals surface area contributed by atoms with Gasteiger partial charge in [0.2, 0.25) is 0 Å². The van der Waals surface area contributed by atoms with Crippen molar-refractivity contribution in [2.24, 2.45) is 0 Å². The molecule has 2 aromatic carbocycles. The largest absolute Gasteiger partial charge is 0.493 e. The summed E-state index contributed by atoms with van der Waals surface area (Å²) >= 11 is 12.3. The average Bonchev–Trinajstić information content (AvgIpc) is 3.14. The second kappa shape index (κ2) is 6.96. The summed E-state index contributed by atoms with van der Waals surface area (Å²) in [4.78, 5) is 8.87. The molecular weight excluding hydrogens is 397 g/mol. The molecule has 1 N–H and O–H groups in total. The molecular formula is C20H15Cl2N5O. The Balaban J connectivity index is 1.54. The van der Waals surface area contributed by atoms with E-state index in [1.54, 1.807) is 10.9 Å². The van der Waals surface area contributed by atoms with Gasteiger partial charge in [-0.05, 0) is 36.4 Å². The lowest BCUT2D eigenvalue weighted by molar-refractivity contribution is 0.274. The van der Waals surface area contributed by atoms with Crippen molar-refractivity contribution >= 4 is 40.1 Å². The van der Waals surface area contributed by atoms with Gasteiger partial charge in [0.05, 0.1) is 29.9 Å². The Labute approximate surface area is 171 Å². The van der Waals surface area contributed by atoms with Crippen LogP contribution in [0, 0.1) is 0 Å². The van der Waals surface area contributed by atoms with Crippen LogP contribution in [0.25, 0.3) is 16.7 Å². The van der Waals surface area contributed by atoms with Crippen LogP contribution in [0.15, 0.2) is 55.0 Å². The van der Waals surface area contributed by atoms with Gasteiger partial charge in [-0.1, -0.05) is 29.3 Å². The number of rotatable bonds is 3. The second-order valence-electron chi connectivity index (χ2n) is 6.51. The highest BCUT2D eigenvalue weighted by Gasteiger charge is 2.23. The van der Waals surface area contributed by atoms with E-state index in [9.17, 15) is 0 Å². The number of fused-ring (bicyclic) bond motifs is 2. The van der Waals surface area contributed by atoms with Crippen molar-refractivity contribution < 1.29 is 4.74 Å². The second-order valence-corrected chi connectivity index (χ2v) is 7.38. The predicted octanol–water partition coefficient (Wildman–Crippen LogP) is 5.06. The highest BCUT2D eigenvalue weighted by atomic mass is 35.5. The lowest BCUT2D eigenvalue weighted by Crippen LogP contribution is -2.21. The molecule has 1 aliphatic heterocycles. The fraction of sp³-hybridized carbons (Fsp3) is 0.150. The zero-order chi connectivity index (χ0) is 19.1. The summed E-state index contributed by atoms with van der Waals surface area (Å²) in [6.07, 6.45) is 4.10. The number of nitrogens with one attached hydrogen (secondary N) is 1. The van der Waals surface area contributed by atoms with E-state index in [2.05, 4.69) is 20.4 Å². The molecule has 1 atom stereocenters. The van der Waals surface area contributed by atoms with E-state index in [1.165, 1.54) is 6.33 Å². The summed E-state index contributed by atoms with van der Waals surface area (Å²) < 4.78 is 7.50. The van der Waals surface area contributed by atoms with Crippen LogP contribution >= 0.6 is 23.2 Å². The fourth-order valence-electron chi connectivity index (χ4n) is 3.44. The highest BCUT2D eigenvalue weighted by molar-refractivity contribution is 6.31. The topological polar surface area (TPSA) is 64.9 Å². The molecule has 1 unspecified atom stereocenters. The molecule has 1 aliphatic rings. The summed E-state index contributed by atoms with van der Waals surface area (Å²) in [5, 5.41) is 10.2. The van der Waals surface area contributed by atoms with Crippen LogP contribution in [0.3, 0.4) is 0 Å². The smallest absolute Gasteiger partial charge is 0.168 e. The molecule has 0 amide bonds. The molecule has 0 saturated heterocycles. The van der Waals surface area contributed by atoms with Crippen LogP contribution in [0.1, 0.15) is 18.0 Å². The molecule has 0 saturated carbocycles. The highest BCUT2D eigenvalue weighted by Crippen LogP contribution is 2.36. The van der Waals surface area contributed by atoms with Crippen molar-refractivity contribution in [3.05, 3.63) is 70.6 Å². The van der Waals surface area contributed by atoms with Gasteiger partial charge in [0, 0.05) is 22.0 Å². The van der Waals surface area contributed by atoms with Crippen molar-refractivity contribution in [3.8, 4) is 11.4 Å². The van der Waals surface area contributed by atoms with Crippen LogP contribution in [-0.4, -0.2) is 26.4 Å². The van der Waals surface area contributed by atoms with Crippen LogP contribution < -0.4 is 10.1 Å². The van der Waals surface area contributed by atoms with E-state index in [1.807, 2.05) is 42.5 Å². The van der Waals surface area contributed by atoms with Gasteiger partial charge in [-0.25, -0.2) is 14.6 Å². The SMILES string of the molecule is Clc1cccc(-n2ncc3c(NC4CCOc5ccc(Cl)cc54)ncnc32)c1. The Morgan fingerprint density at radius 2 is 1.96 bits per heavy atom. The summed E-state index contributed by atoms with van der Waals surface area (Å²) in [7, 11) is 0. The maximum Gasteiger partial charge on any atom is 0.168 e. The Morgan fingerprint density at radius 1 is 1.07 bits per heavy atom. The van der Waals surface area contributed by atoms with E-state index < -0.39 is 0 Å². The molecule has 6 nitrogen and oxygen atoms in total. The Bertz CT molecular complexity index is 1180. The number of anilines is 1. The number of benzene rings is 2. The summed E-state index contributed by atoms with van der Waals surface area (Å²) in [6, 6.07) is 13.2. The number of nitrogens with zero attached hydrogens (tertiary/aromatic N) is 4. The van der Waals surface area contributed by atoms with E-state index in [0.717, 1.165) is 34.6 Å². The fourth-order valence-corrected chi connectivity index (χ4v) is 3.80. The summed E-state index contributed by atoms with van der Waals surface area (Å²) in [5.41, 5.74) is 2.57. The zero-order valence-corrected chi connectivity index (χ0v) is 16.2. The zero-order valence-electron chi connectivity index (χ0n) is 14.6. The monoisotopic (exact) mass is 411 g/mol. The van der Waals surface area contributed by atoms with Crippen molar-refractivity contribution in [1.29, 1.82) is 0 Å². The minimum absolute atomic E-state index is 0.0371. The molecule has 8 heteroatoms. The Kier molecular flexibility index (Phi) is 4.30. The molecule has 3 heterocycles. The maximum absolute atomic E-state index is 6.19. The average molecular weight is 412 g/mol. The molecule has 2 aromatic heterocycles. The molecule has 0 bridgehead atoms. The van der Waals surface area contributed by atoms with E-state index >= 15 is 0 Å². The van der Waals surface area contributed by atoms with Gasteiger partial charge < -0.3 is 10.1 Å². The number of hydrogen-bond donors (Lipinski definition) is 1. The lowest BCUT2D eigenvalue weighted by atomic mass is 10.0. The number of hydrogen-bond acceptors (Lipinski definition) is 5. The Morgan fingerprint density at radius 3 is 2.86 bits per heavy atom. The molecule has 0 spiro atoms. The Hall–Kier alpha value is -2.83. The van der Waals surface area contributed by atoms with Crippen LogP contribution in [-0.2, 0) is 0 Å². The molecule has 0 aliphatic carbocycles. The van der Waals surface area contributed by atoms with E-state index in [4.69, 9.17) is 27.9 Å². The quantitative estimate of drug-likeness (QED) is 0.510. The van der Waals surface area contributed by atoms with Gasteiger partial charge in [0.25, 0.3) is 0 Å².